The SMILES string of the molecule is C=CC(N)Cc1ccc(C(F)(F)F)cc1. The van der Waals surface area contributed by atoms with Gasteiger partial charge in [0.2, 0.25) is 0 Å². The third kappa shape index (κ3) is 3.40. The Labute approximate surface area is 86.4 Å². The average Bonchev–Trinajstić information content (AvgIpc) is 2.17. The Hall–Kier alpha value is -1.29. The number of nitrogens with two attached hydrogens (primary N) is 1. The molecule has 1 rings (SSSR count). The van der Waals surface area contributed by atoms with Crippen LogP contribution >= 0.6 is 0 Å². The number of benzene rings is 1. The lowest BCUT2D eigenvalue weighted by atomic mass is 10.0. The van der Waals surface area contributed by atoms with E-state index in [0.717, 1.165) is 17.7 Å². The van der Waals surface area contributed by atoms with Gasteiger partial charge in [0.1, 0.15) is 0 Å². The largest absolute Gasteiger partial charge is 0.416 e. The second-order valence-corrected chi connectivity index (χ2v) is 3.30. The summed E-state index contributed by atoms with van der Waals surface area (Å²) in [7, 11) is 0. The molecule has 0 bridgehead atoms. The summed E-state index contributed by atoms with van der Waals surface area (Å²) in [5, 5.41) is 0. The fourth-order valence-corrected chi connectivity index (χ4v) is 1.19. The second-order valence-electron chi connectivity index (χ2n) is 3.30. The first-order chi connectivity index (χ1) is 6.93. The van der Waals surface area contributed by atoms with Crippen LogP contribution in [-0.2, 0) is 12.6 Å². The van der Waals surface area contributed by atoms with Crippen LogP contribution < -0.4 is 5.73 Å². The summed E-state index contributed by atoms with van der Waals surface area (Å²) in [6.45, 7) is 3.51. The Balaban J connectivity index is 2.77. The van der Waals surface area contributed by atoms with E-state index in [9.17, 15) is 13.2 Å². The quantitative estimate of drug-likeness (QED) is 0.771. The second kappa shape index (κ2) is 4.49. The van der Waals surface area contributed by atoms with Crippen molar-refractivity contribution >= 4 is 0 Å². The van der Waals surface area contributed by atoms with Crippen LogP contribution in [0.1, 0.15) is 11.1 Å². The highest BCUT2D eigenvalue weighted by Crippen LogP contribution is 2.29. The molecule has 0 saturated carbocycles. The number of hydrogen-bond donors (Lipinski definition) is 1. The lowest BCUT2D eigenvalue weighted by molar-refractivity contribution is -0.137. The molecule has 0 spiro atoms. The first-order valence-corrected chi connectivity index (χ1v) is 4.48. The monoisotopic (exact) mass is 215 g/mol. The Morgan fingerprint density at radius 3 is 2.20 bits per heavy atom. The van der Waals surface area contributed by atoms with Gasteiger partial charge in [-0.2, -0.15) is 13.2 Å². The van der Waals surface area contributed by atoms with Crippen LogP contribution in [0.5, 0.6) is 0 Å². The van der Waals surface area contributed by atoms with Crippen molar-refractivity contribution in [3.05, 3.63) is 48.0 Å². The molecule has 82 valence electrons. The molecule has 1 atom stereocenters. The normalized spacial score (nSPS) is 13.6. The molecule has 0 aliphatic rings. The Morgan fingerprint density at radius 2 is 1.80 bits per heavy atom. The maximum Gasteiger partial charge on any atom is 0.416 e. The first kappa shape index (κ1) is 11.8. The highest BCUT2D eigenvalue weighted by Gasteiger charge is 2.29. The summed E-state index contributed by atoms with van der Waals surface area (Å²) in [4.78, 5) is 0. The van der Waals surface area contributed by atoms with E-state index in [0.29, 0.717) is 6.42 Å². The minimum atomic E-state index is -4.28. The summed E-state index contributed by atoms with van der Waals surface area (Å²) in [6.07, 6.45) is -2.21. The zero-order valence-electron chi connectivity index (χ0n) is 8.09. The number of halogens is 3. The smallest absolute Gasteiger partial charge is 0.324 e. The molecule has 1 unspecified atom stereocenters. The molecule has 0 aliphatic carbocycles. The molecule has 1 aromatic rings. The standard InChI is InChI=1S/C11H12F3N/c1-2-10(15)7-8-3-5-9(6-4-8)11(12,13)14/h2-6,10H,1,7,15H2. The van der Waals surface area contributed by atoms with E-state index < -0.39 is 11.7 Å². The van der Waals surface area contributed by atoms with Crippen molar-refractivity contribution in [1.29, 1.82) is 0 Å². The van der Waals surface area contributed by atoms with Gasteiger partial charge in [0.05, 0.1) is 5.56 Å². The van der Waals surface area contributed by atoms with Gasteiger partial charge in [0.25, 0.3) is 0 Å². The molecule has 0 amide bonds. The van der Waals surface area contributed by atoms with Crippen molar-refractivity contribution in [3.8, 4) is 0 Å². The van der Waals surface area contributed by atoms with Gasteiger partial charge in [-0.1, -0.05) is 18.2 Å². The van der Waals surface area contributed by atoms with E-state index in [-0.39, 0.29) is 6.04 Å². The summed E-state index contributed by atoms with van der Waals surface area (Å²) >= 11 is 0. The molecule has 0 aliphatic heterocycles. The molecule has 0 saturated heterocycles. The van der Waals surface area contributed by atoms with Gasteiger partial charge in [-0.05, 0) is 24.1 Å². The van der Waals surface area contributed by atoms with Crippen LogP contribution in [0.3, 0.4) is 0 Å². The molecule has 0 fully saturated rings. The summed E-state index contributed by atoms with van der Waals surface area (Å²) in [5.41, 5.74) is 5.72. The molecule has 1 nitrogen and oxygen atoms in total. The molecule has 0 heterocycles. The third-order valence-corrected chi connectivity index (χ3v) is 2.06. The van der Waals surface area contributed by atoms with Crippen molar-refractivity contribution in [2.75, 3.05) is 0 Å². The topological polar surface area (TPSA) is 26.0 Å². The molecule has 4 heteroatoms. The van der Waals surface area contributed by atoms with Crippen LogP contribution in [0.25, 0.3) is 0 Å². The average molecular weight is 215 g/mol. The van der Waals surface area contributed by atoms with Gasteiger partial charge >= 0.3 is 6.18 Å². The number of hydrogen-bond acceptors (Lipinski definition) is 1. The molecular formula is C11H12F3N. The van der Waals surface area contributed by atoms with E-state index in [4.69, 9.17) is 5.73 Å². The lowest BCUT2D eigenvalue weighted by Gasteiger charge is -2.09. The van der Waals surface area contributed by atoms with E-state index in [2.05, 4.69) is 6.58 Å². The van der Waals surface area contributed by atoms with Crippen molar-refractivity contribution in [2.45, 2.75) is 18.6 Å². The van der Waals surface area contributed by atoms with E-state index in [1.807, 2.05) is 0 Å². The number of rotatable bonds is 3. The fourth-order valence-electron chi connectivity index (χ4n) is 1.19. The van der Waals surface area contributed by atoms with Gasteiger partial charge in [-0.3, -0.25) is 0 Å². The highest BCUT2D eigenvalue weighted by atomic mass is 19.4. The van der Waals surface area contributed by atoms with Crippen LogP contribution in [0.2, 0.25) is 0 Å². The fraction of sp³-hybridized carbons (Fsp3) is 0.273. The zero-order valence-corrected chi connectivity index (χ0v) is 8.09. The molecule has 15 heavy (non-hydrogen) atoms. The van der Waals surface area contributed by atoms with Crippen molar-refractivity contribution in [2.24, 2.45) is 5.73 Å². The molecular weight excluding hydrogens is 203 g/mol. The van der Waals surface area contributed by atoms with Crippen LogP contribution in [0.15, 0.2) is 36.9 Å². The zero-order chi connectivity index (χ0) is 11.5. The van der Waals surface area contributed by atoms with Gasteiger partial charge in [-0.15, -0.1) is 6.58 Å². The summed E-state index contributed by atoms with van der Waals surface area (Å²) in [5.74, 6) is 0. The van der Waals surface area contributed by atoms with E-state index in [1.54, 1.807) is 6.08 Å². The van der Waals surface area contributed by atoms with Crippen molar-refractivity contribution in [1.82, 2.24) is 0 Å². The van der Waals surface area contributed by atoms with Crippen LogP contribution in [-0.4, -0.2) is 6.04 Å². The van der Waals surface area contributed by atoms with E-state index >= 15 is 0 Å². The van der Waals surface area contributed by atoms with Gasteiger partial charge in [-0.25, -0.2) is 0 Å². The first-order valence-electron chi connectivity index (χ1n) is 4.48. The molecule has 0 radical (unpaired) electrons. The van der Waals surface area contributed by atoms with Gasteiger partial charge in [0, 0.05) is 6.04 Å². The predicted molar refractivity (Wildman–Crippen MR) is 53.3 cm³/mol. The van der Waals surface area contributed by atoms with Gasteiger partial charge < -0.3 is 5.73 Å². The van der Waals surface area contributed by atoms with Crippen LogP contribution in [0.4, 0.5) is 13.2 Å². The Kier molecular flexibility index (Phi) is 3.52. The van der Waals surface area contributed by atoms with Crippen molar-refractivity contribution in [3.63, 3.8) is 0 Å². The Bertz CT molecular complexity index is 327. The van der Waals surface area contributed by atoms with Crippen LogP contribution in [0, 0.1) is 0 Å². The Morgan fingerprint density at radius 1 is 1.27 bits per heavy atom. The maximum atomic E-state index is 12.2. The number of alkyl halides is 3. The van der Waals surface area contributed by atoms with Gasteiger partial charge in [0.15, 0.2) is 0 Å². The molecule has 1 aromatic carbocycles. The predicted octanol–water partition coefficient (Wildman–Crippen LogP) is 2.76. The third-order valence-electron chi connectivity index (χ3n) is 2.06. The minimum absolute atomic E-state index is 0.221. The van der Waals surface area contributed by atoms with Crippen molar-refractivity contribution < 1.29 is 13.2 Å². The van der Waals surface area contributed by atoms with E-state index in [1.165, 1.54) is 12.1 Å². The minimum Gasteiger partial charge on any atom is -0.324 e. The molecule has 0 aromatic heterocycles. The lowest BCUT2D eigenvalue weighted by Crippen LogP contribution is -2.19. The highest BCUT2D eigenvalue weighted by molar-refractivity contribution is 5.25. The maximum absolute atomic E-state index is 12.2. The molecule has 2 N–H and O–H groups in total. The summed E-state index contributed by atoms with van der Waals surface area (Å²) < 4.78 is 36.6. The summed E-state index contributed by atoms with van der Waals surface area (Å²) in [6, 6.07) is 4.77.